The molecule has 1 saturated carbocycles. The van der Waals surface area contributed by atoms with Crippen LogP contribution >= 0.6 is 11.8 Å². The number of amides is 1. The van der Waals surface area contributed by atoms with Gasteiger partial charge in [0, 0.05) is 12.2 Å². The zero-order valence-corrected chi connectivity index (χ0v) is 13.7. The monoisotopic (exact) mass is 322 g/mol. The summed E-state index contributed by atoms with van der Waals surface area (Å²) in [4.78, 5) is 27.3. The van der Waals surface area contributed by atoms with E-state index < -0.39 is 5.97 Å². The van der Waals surface area contributed by atoms with Gasteiger partial charge >= 0.3 is 5.97 Å². The molecule has 0 unspecified atom stereocenters. The van der Waals surface area contributed by atoms with Gasteiger partial charge in [-0.05, 0) is 30.4 Å². The molecule has 120 valence electrons. The number of aromatic carboxylic acids is 1. The quantitative estimate of drug-likeness (QED) is 0.815. The van der Waals surface area contributed by atoms with E-state index in [2.05, 4.69) is 24.1 Å². The molecule has 6 heteroatoms. The third-order valence-electron chi connectivity index (χ3n) is 4.39. The Morgan fingerprint density at radius 3 is 2.91 bits per heavy atom. The number of carboxylic acid groups (broad SMARTS) is 1. The summed E-state index contributed by atoms with van der Waals surface area (Å²) in [5.41, 5.74) is 0.139. The van der Waals surface area contributed by atoms with E-state index in [1.807, 2.05) is 0 Å². The number of aromatic nitrogens is 1. The van der Waals surface area contributed by atoms with Crippen LogP contribution in [-0.2, 0) is 4.79 Å². The van der Waals surface area contributed by atoms with Crippen LogP contribution in [0, 0.1) is 11.8 Å². The van der Waals surface area contributed by atoms with Crippen molar-refractivity contribution in [3.63, 3.8) is 0 Å². The van der Waals surface area contributed by atoms with Gasteiger partial charge in [-0.15, -0.1) is 0 Å². The van der Waals surface area contributed by atoms with Crippen molar-refractivity contribution in [2.45, 2.75) is 44.2 Å². The molecule has 0 bridgehead atoms. The average molecular weight is 322 g/mol. The molecule has 0 radical (unpaired) electrons. The molecular formula is C16H22N2O3S. The van der Waals surface area contributed by atoms with Gasteiger partial charge in [0.15, 0.2) is 0 Å². The fourth-order valence-corrected chi connectivity index (χ4v) is 3.63. The molecule has 1 fully saturated rings. The van der Waals surface area contributed by atoms with Crippen LogP contribution in [0.25, 0.3) is 0 Å². The molecule has 2 N–H and O–H groups in total. The first kappa shape index (κ1) is 16.8. The summed E-state index contributed by atoms with van der Waals surface area (Å²) < 4.78 is 0. The van der Waals surface area contributed by atoms with E-state index >= 15 is 0 Å². The highest BCUT2D eigenvalue weighted by atomic mass is 32.2. The third kappa shape index (κ3) is 4.22. The van der Waals surface area contributed by atoms with Crippen LogP contribution < -0.4 is 5.32 Å². The number of hydrogen-bond donors (Lipinski definition) is 2. The molecule has 5 nitrogen and oxygen atoms in total. The number of rotatable bonds is 5. The van der Waals surface area contributed by atoms with E-state index in [0.717, 1.165) is 12.8 Å². The number of carbonyl (C=O) groups is 2. The standard InChI is InChI=1S/C16H22N2O3S/c1-10-5-3-7-13(11(10)2)18-14(19)9-22-15-12(16(20)21)6-4-8-17-15/h4,6,8,10-11,13H,3,5,7,9H2,1-2H3,(H,18,19)(H,20,21)/t10-,11-,13+/m1/s1. The SMILES string of the molecule is C[C@@H]1[C@H](C)CCC[C@@H]1NC(=O)CSc1ncccc1C(=O)O. The molecular weight excluding hydrogens is 300 g/mol. The van der Waals surface area contributed by atoms with Gasteiger partial charge in [-0.25, -0.2) is 9.78 Å². The first-order valence-corrected chi connectivity index (χ1v) is 8.58. The minimum Gasteiger partial charge on any atom is -0.478 e. The Balaban J connectivity index is 1.89. The van der Waals surface area contributed by atoms with Gasteiger partial charge in [-0.2, -0.15) is 0 Å². The highest BCUT2D eigenvalue weighted by molar-refractivity contribution is 8.00. The van der Waals surface area contributed by atoms with Crippen LogP contribution in [0.4, 0.5) is 0 Å². The predicted molar refractivity (Wildman–Crippen MR) is 86.0 cm³/mol. The Morgan fingerprint density at radius 2 is 2.18 bits per heavy atom. The van der Waals surface area contributed by atoms with E-state index in [1.54, 1.807) is 6.07 Å². The first-order valence-electron chi connectivity index (χ1n) is 7.59. The van der Waals surface area contributed by atoms with Crippen molar-refractivity contribution < 1.29 is 14.7 Å². The maximum absolute atomic E-state index is 12.1. The summed E-state index contributed by atoms with van der Waals surface area (Å²) in [6.45, 7) is 4.41. The normalized spacial score (nSPS) is 24.7. The van der Waals surface area contributed by atoms with Crippen molar-refractivity contribution >= 4 is 23.6 Å². The molecule has 3 atom stereocenters. The maximum Gasteiger partial charge on any atom is 0.338 e. The molecule has 1 aliphatic rings. The van der Waals surface area contributed by atoms with Crippen LogP contribution in [0.15, 0.2) is 23.4 Å². The zero-order chi connectivity index (χ0) is 16.1. The van der Waals surface area contributed by atoms with Crippen molar-refractivity contribution in [1.82, 2.24) is 10.3 Å². The largest absolute Gasteiger partial charge is 0.478 e. The van der Waals surface area contributed by atoms with Gasteiger partial charge in [0.05, 0.1) is 11.3 Å². The second kappa shape index (κ2) is 7.63. The van der Waals surface area contributed by atoms with Crippen LogP contribution in [0.2, 0.25) is 0 Å². The number of nitrogens with one attached hydrogen (secondary N) is 1. The number of thioether (sulfide) groups is 1. The van der Waals surface area contributed by atoms with Gasteiger partial charge in [0.25, 0.3) is 0 Å². The number of carbonyl (C=O) groups excluding carboxylic acids is 1. The summed E-state index contributed by atoms with van der Waals surface area (Å²) in [6, 6.07) is 3.30. The molecule has 2 rings (SSSR count). The van der Waals surface area contributed by atoms with Crippen LogP contribution in [-0.4, -0.2) is 33.8 Å². The molecule has 22 heavy (non-hydrogen) atoms. The molecule has 0 aromatic carbocycles. The Labute approximate surface area is 134 Å². The summed E-state index contributed by atoms with van der Waals surface area (Å²) in [7, 11) is 0. The Hall–Kier alpha value is -1.56. The molecule has 1 aromatic rings. The van der Waals surface area contributed by atoms with Crippen LogP contribution in [0.5, 0.6) is 0 Å². The van der Waals surface area contributed by atoms with E-state index in [1.165, 1.54) is 30.4 Å². The van der Waals surface area contributed by atoms with Gasteiger partial charge in [0.2, 0.25) is 5.91 Å². The number of nitrogens with zero attached hydrogens (tertiary/aromatic N) is 1. The smallest absolute Gasteiger partial charge is 0.338 e. The van der Waals surface area contributed by atoms with E-state index in [4.69, 9.17) is 5.11 Å². The van der Waals surface area contributed by atoms with E-state index in [0.29, 0.717) is 16.9 Å². The second-order valence-corrected chi connectivity index (χ2v) is 6.86. The number of pyridine rings is 1. The molecule has 0 spiro atoms. The summed E-state index contributed by atoms with van der Waals surface area (Å²) >= 11 is 1.17. The van der Waals surface area contributed by atoms with E-state index in [9.17, 15) is 9.59 Å². The lowest BCUT2D eigenvalue weighted by molar-refractivity contribution is -0.120. The van der Waals surface area contributed by atoms with Gasteiger partial charge in [-0.1, -0.05) is 38.5 Å². The van der Waals surface area contributed by atoms with Crippen molar-refractivity contribution in [3.05, 3.63) is 23.9 Å². The van der Waals surface area contributed by atoms with Crippen molar-refractivity contribution in [2.24, 2.45) is 11.8 Å². The first-order chi connectivity index (χ1) is 10.5. The summed E-state index contributed by atoms with van der Waals surface area (Å²) in [5, 5.41) is 12.6. The van der Waals surface area contributed by atoms with Gasteiger partial charge in [0.1, 0.15) is 5.03 Å². The summed E-state index contributed by atoms with van der Waals surface area (Å²) in [5.74, 6) is 0.214. The topological polar surface area (TPSA) is 79.3 Å². The summed E-state index contributed by atoms with van der Waals surface area (Å²) in [6.07, 6.45) is 4.93. The van der Waals surface area contributed by atoms with Crippen LogP contribution in [0.1, 0.15) is 43.5 Å². The van der Waals surface area contributed by atoms with Crippen molar-refractivity contribution in [3.8, 4) is 0 Å². The van der Waals surface area contributed by atoms with Gasteiger partial charge < -0.3 is 10.4 Å². The minimum atomic E-state index is -1.02. The second-order valence-electron chi connectivity index (χ2n) is 5.89. The molecule has 0 aliphatic heterocycles. The minimum absolute atomic E-state index is 0.0575. The number of hydrogen-bond acceptors (Lipinski definition) is 4. The molecule has 1 aliphatic carbocycles. The Kier molecular flexibility index (Phi) is 5.83. The highest BCUT2D eigenvalue weighted by Gasteiger charge is 2.28. The average Bonchev–Trinajstić information content (AvgIpc) is 2.50. The number of carboxylic acids is 1. The molecule has 1 aromatic heterocycles. The Morgan fingerprint density at radius 1 is 1.41 bits per heavy atom. The molecule has 1 heterocycles. The maximum atomic E-state index is 12.1. The Bertz CT molecular complexity index is 550. The molecule has 0 saturated heterocycles. The predicted octanol–water partition coefficient (Wildman–Crippen LogP) is 2.81. The zero-order valence-electron chi connectivity index (χ0n) is 12.9. The van der Waals surface area contributed by atoms with Gasteiger partial charge in [-0.3, -0.25) is 4.79 Å². The van der Waals surface area contributed by atoms with E-state index in [-0.39, 0.29) is 23.3 Å². The van der Waals surface area contributed by atoms with Crippen LogP contribution in [0.3, 0.4) is 0 Å². The lowest BCUT2D eigenvalue weighted by atomic mass is 9.78. The van der Waals surface area contributed by atoms with Crippen molar-refractivity contribution in [1.29, 1.82) is 0 Å². The lowest BCUT2D eigenvalue weighted by Gasteiger charge is -2.34. The molecule has 1 amide bonds. The third-order valence-corrected chi connectivity index (χ3v) is 5.40. The highest BCUT2D eigenvalue weighted by Crippen LogP contribution is 2.29. The fourth-order valence-electron chi connectivity index (χ4n) is 2.84. The van der Waals surface area contributed by atoms with Crippen molar-refractivity contribution in [2.75, 3.05) is 5.75 Å². The fraction of sp³-hybridized carbons (Fsp3) is 0.562. The lowest BCUT2D eigenvalue weighted by Crippen LogP contribution is -2.44.